The highest BCUT2D eigenvalue weighted by atomic mass is 16.2. The van der Waals surface area contributed by atoms with Gasteiger partial charge in [-0.05, 0) is 43.5 Å². The third-order valence-corrected chi connectivity index (χ3v) is 4.86. The SMILES string of the molecule is Cc1ccc(NC(=O)N2CC(c3ccccc3)CC2C)cc1C(N)=O. The molecule has 2 aromatic rings. The van der Waals surface area contributed by atoms with Crippen LogP contribution in [-0.4, -0.2) is 29.4 Å². The van der Waals surface area contributed by atoms with Gasteiger partial charge in [0.2, 0.25) is 5.91 Å². The van der Waals surface area contributed by atoms with Gasteiger partial charge < -0.3 is 16.0 Å². The van der Waals surface area contributed by atoms with Gasteiger partial charge in [0.15, 0.2) is 0 Å². The third-order valence-electron chi connectivity index (χ3n) is 4.86. The van der Waals surface area contributed by atoms with Crippen molar-refractivity contribution in [3.63, 3.8) is 0 Å². The zero-order chi connectivity index (χ0) is 18.0. The van der Waals surface area contributed by atoms with Crippen molar-refractivity contribution in [1.82, 2.24) is 4.90 Å². The normalized spacial score (nSPS) is 19.7. The molecular weight excluding hydrogens is 314 g/mol. The fourth-order valence-electron chi connectivity index (χ4n) is 3.44. The molecule has 3 amide bonds. The molecule has 3 rings (SSSR count). The van der Waals surface area contributed by atoms with Crippen molar-refractivity contribution in [3.05, 3.63) is 65.2 Å². The van der Waals surface area contributed by atoms with Crippen LogP contribution in [0.15, 0.2) is 48.5 Å². The second-order valence-corrected chi connectivity index (χ2v) is 6.67. The molecule has 25 heavy (non-hydrogen) atoms. The molecule has 5 heteroatoms. The van der Waals surface area contributed by atoms with Crippen LogP contribution >= 0.6 is 0 Å². The number of benzene rings is 2. The second kappa shape index (κ2) is 6.97. The highest BCUT2D eigenvalue weighted by Gasteiger charge is 2.33. The first kappa shape index (κ1) is 17.0. The minimum atomic E-state index is -0.493. The smallest absolute Gasteiger partial charge is 0.322 e. The summed E-state index contributed by atoms with van der Waals surface area (Å²) in [6, 6.07) is 15.5. The van der Waals surface area contributed by atoms with Gasteiger partial charge in [-0.1, -0.05) is 36.4 Å². The molecule has 0 bridgehead atoms. The number of nitrogens with one attached hydrogen (secondary N) is 1. The van der Waals surface area contributed by atoms with Gasteiger partial charge in [0, 0.05) is 29.8 Å². The van der Waals surface area contributed by atoms with Crippen molar-refractivity contribution in [1.29, 1.82) is 0 Å². The number of hydrogen-bond acceptors (Lipinski definition) is 2. The number of anilines is 1. The van der Waals surface area contributed by atoms with Crippen molar-refractivity contribution in [2.75, 3.05) is 11.9 Å². The van der Waals surface area contributed by atoms with Crippen LogP contribution in [-0.2, 0) is 0 Å². The monoisotopic (exact) mass is 337 g/mol. The molecule has 0 aromatic heterocycles. The number of hydrogen-bond donors (Lipinski definition) is 2. The average molecular weight is 337 g/mol. The van der Waals surface area contributed by atoms with Crippen LogP contribution in [0.2, 0.25) is 0 Å². The first-order chi connectivity index (χ1) is 12.0. The maximum atomic E-state index is 12.7. The summed E-state index contributed by atoms with van der Waals surface area (Å²) in [5, 5.41) is 2.89. The van der Waals surface area contributed by atoms with Crippen LogP contribution in [0, 0.1) is 6.92 Å². The molecule has 1 fully saturated rings. The van der Waals surface area contributed by atoms with Crippen LogP contribution in [0.5, 0.6) is 0 Å². The first-order valence-electron chi connectivity index (χ1n) is 8.48. The van der Waals surface area contributed by atoms with Gasteiger partial charge in [0.1, 0.15) is 0 Å². The van der Waals surface area contributed by atoms with Gasteiger partial charge in [0.05, 0.1) is 0 Å². The zero-order valence-electron chi connectivity index (χ0n) is 14.5. The molecule has 1 saturated heterocycles. The maximum absolute atomic E-state index is 12.7. The van der Waals surface area contributed by atoms with E-state index in [0.717, 1.165) is 12.0 Å². The van der Waals surface area contributed by atoms with Crippen molar-refractivity contribution in [2.24, 2.45) is 5.73 Å². The van der Waals surface area contributed by atoms with E-state index in [0.29, 0.717) is 23.7 Å². The fourth-order valence-corrected chi connectivity index (χ4v) is 3.44. The molecule has 130 valence electrons. The molecule has 1 aliphatic heterocycles. The standard InChI is InChI=1S/C20H23N3O2/c1-13-8-9-17(11-18(13)19(21)24)22-20(25)23-12-16(10-14(23)2)15-6-4-3-5-7-15/h3-9,11,14,16H,10,12H2,1-2H3,(H2,21,24)(H,22,25). The van der Waals surface area contributed by atoms with Gasteiger partial charge in [-0.25, -0.2) is 4.79 Å². The number of rotatable bonds is 3. The molecule has 1 aliphatic rings. The number of likely N-dealkylation sites (tertiary alicyclic amines) is 1. The predicted molar refractivity (Wildman–Crippen MR) is 98.7 cm³/mol. The van der Waals surface area contributed by atoms with E-state index in [2.05, 4.69) is 24.4 Å². The summed E-state index contributed by atoms with van der Waals surface area (Å²) in [4.78, 5) is 26.0. The van der Waals surface area contributed by atoms with Gasteiger partial charge in [-0.3, -0.25) is 4.79 Å². The largest absolute Gasteiger partial charge is 0.366 e. The van der Waals surface area contributed by atoms with Crippen molar-refractivity contribution < 1.29 is 9.59 Å². The molecule has 2 aromatic carbocycles. The van der Waals surface area contributed by atoms with Crippen LogP contribution in [0.3, 0.4) is 0 Å². The summed E-state index contributed by atoms with van der Waals surface area (Å²) >= 11 is 0. The Labute approximate surface area is 147 Å². The van der Waals surface area contributed by atoms with E-state index < -0.39 is 5.91 Å². The van der Waals surface area contributed by atoms with Crippen molar-refractivity contribution in [2.45, 2.75) is 32.2 Å². The van der Waals surface area contributed by atoms with Crippen molar-refractivity contribution >= 4 is 17.6 Å². The Kier molecular flexibility index (Phi) is 4.74. The van der Waals surface area contributed by atoms with E-state index in [1.165, 1.54) is 5.56 Å². The van der Waals surface area contributed by atoms with Crippen LogP contribution in [0.25, 0.3) is 0 Å². The topological polar surface area (TPSA) is 75.4 Å². The fraction of sp³-hybridized carbons (Fsp3) is 0.300. The van der Waals surface area contributed by atoms with Crippen LogP contribution in [0.4, 0.5) is 10.5 Å². The average Bonchev–Trinajstić information content (AvgIpc) is 2.99. The number of aryl methyl sites for hydroxylation is 1. The lowest BCUT2D eigenvalue weighted by Crippen LogP contribution is -2.37. The summed E-state index contributed by atoms with van der Waals surface area (Å²) in [6.07, 6.45) is 0.942. The lowest BCUT2D eigenvalue weighted by Gasteiger charge is -2.22. The lowest BCUT2D eigenvalue weighted by molar-refractivity contribution is 0.0999. The minimum Gasteiger partial charge on any atom is -0.366 e. The van der Waals surface area contributed by atoms with E-state index >= 15 is 0 Å². The lowest BCUT2D eigenvalue weighted by atomic mass is 9.97. The van der Waals surface area contributed by atoms with Gasteiger partial charge in [0.25, 0.3) is 0 Å². The van der Waals surface area contributed by atoms with E-state index in [9.17, 15) is 9.59 Å². The number of carbonyl (C=O) groups is 2. The summed E-state index contributed by atoms with van der Waals surface area (Å²) in [6.45, 7) is 4.57. The summed E-state index contributed by atoms with van der Waals surface area (Å²) in [5.74, 6) is -0.145. The Hall–Kier alpha value is -2.82. The Bertz CT molecular complexity index is 789. The molecule has 0 radical (unpaired) electrons. The van der Waals surface area contributed by atoms with Gasteiger partial charge in [-0.15, -0.1) is 0 Å². The Morgan fingerprint density at radius 1 is 1.16 bits per heavy atom. The molecule has 2 atom stereocenters. The Balaban J connectivity index is 1.71. The Morgan fingerprint density at radius 3 is 2.56 bits per heavy atom. The number of primary amides is 1. The molecule has 0 spiro atoms. The van der Waals surface area contributed by atoms with Crippen LogP contribution < -0.4 is 11.1 Å². The molecule has 0 aliphatic carbocycles. The number of nitrogens with zero attached hydrogens (tertiary/aromatic N) is 1. The van der Waals surface area contributed by atoms with Gasteiger partial charge in [-0.2, -0.15) is 0 Å². The minimum absolute atomic E-state index is 0.148. The van der Waals surface area contributed by atoms with E-state index in [1.807, 2.05) is 30.0 Å². The maximum Gasteiger partial charge on any atom is 0.322 e. The van der Waals surface area contributed by atoms with E-state index in [1.54, 1.807) is 18.2 Å². The quantitative estimate of drug-likeness (QED) is 0.899. The first-order valence-corrected chi connectivity index (χ1v) is 8.48. The molecule has 2 unspecified atom stereocenters. The van der Waals surface area contributed by atoms with Crippen molar-refractivity contribution in [3.8, 4) is 0 Å². The van der Waals surface area contributed by atoms with Gasteiger partial charge >= 0.3 is 6.03 Å². The predicted octanol–water partition coefficient (Wildman–Crippen LogP) is 3.50. The third kappa shape index (κ3) is 3.65. The number of nitrogens with two attached hydrogens (primary N) is 1. The number of amides is 3. The zero-order valence-corrected chi connectivity index (χ0v) is 14.5. The molecule has 5 nitrogen and oxygen atoms in total. The number of carbonyl (C=O) groups excluding carboxylic acids is 2. The van der Waals surface area contributed by atoms with E-state index in [-0.39, 0.29) is 12.1 Å². The highest BCUT2D eigenvalue weighted by molar-refractivity contribution is 5.97. The second-order valence-electron chi connectivity index (χ2n) is 6.67. The number of urea groups is 1. The summed E-state index contributed by atoms with van der Waals surface area (Å²) in [5.41, 5.74) is 8.44. The summed E-state index contributed by atoms with van der Waals surface area (Å²) < 4.78 is 0. The molecular formula is C20H23N3O2. The molecule has 1 heterocycles. The van der Waals surface area contributed by atoms with E-state index in [4.69, 9.17) is 5.73 Å². The molecule has 3 N–H and O–H groups in total. The highest BCUT2D eigenvalue weighted by Crippen LogP contribution is 2.31. The van der Waals surface area contributed by atoms with Crippen LogP contribution in [0.1, 0.15) is 40.7 Å². The Morgan fingerprint density at radius 2 is 1.88 bits per heavy atom. The molecule has 0 saturated carbocycles. The summed E-state index contributed by atoms with van der Waals surface area (Å²) in [7, 11) is 0.